The average Bonchev–Trinajstić information content (AvgIpc) is 2.43. The summed E-state index contributed by atoms with van der Waals surface area (Å²) in [7, 11) is 0. The number of nitrogens with one attached hydrogen (secondary N) is 1. The molecule has 0 saturated carbocycles. The standard InChI is InChI=1S/C13H15BrN2O4/c1-2-3-5-9(8-17)15-13(18)10-6-4-7-11(12(10)14)16(19)20/h2-4,6-7,9,17H,5,8H2,1H3,(H,15,18)/b3-2+. The molecule has 1 unspecified atom stereocenters. The van der Waals surface area contributed by atoms with E-state index in [0.717, 1.165) is 0 Å². The molecule has 1 aromatic carbocycles. The maximum absolute atomic E-state index is 12.1. The molecule has 6 nitrogen and oxygen atoms in total. The fraction of sp³-hybridized carbons (Fsp3) is 0.308. The summed E-state index contributed by atoms with van der Waals surface area (Å²) in [5.74, 6) is -0.468. The lowest BCUT2D eigenvalue weighted by Gasteiger charge is -2.15. The van der Waals surface area contributed by atoms with Gasteiger partial charge in [-0.3, -0.25) is 14.9 Å². The van der Waals surface area contributed by atoms with E-state index in [1.165, 1.54) is 18.2 Å². The van der Waals surface area contributed by atoms with Crippen molar-refractivity contribution in [2.75, 3.05) is 6.61 Å². The Bertz CT molecular complexity index is 531. The van der Waals surface area contributed by atoms with E-state index in [1.807, 2.05) is 19.1 Å². The molecule has 108 valence electrons. The fourth-order valence-electron chi connectivity index (χ4n) is 1.58. The van der Waals surface area contributed by atoms with Gasteiger partial charge in [-0.15, -0.1) is 0 Å². The third kappa shape index (κ3) is 4.14. The van der Waals surface area contributed by atoms with Gasteiger partial charge in [0.1, 0.15) is 4.47 Å². The van der Waals surface area contributed by atoms with Crippen LogP contribution in [0.4, 0.5) is 5.69 Å². The Morgan fingerprint density at radius 3 is 2.85 bits per heavy atom. The molecule has 0 aliphatic carbocycles. The molecule has 0 heterocycles. The summed E-state index contributed by atoms with van der Waals surface area (Å²) in [4.78, 5) is 22.3. The zero-order chi connectivity index (χ0) is 15.1. The lowest BCUT2D eigenvalue weighted by atomic mass is 10.1. The van der Waals surface area contributed by atoms with Crippen molar-refractivity contribution in [3.05, 3.63) is 50.5 Å². The number of hydrogen-bond donors (Lipinski definition) is 2. The monoisotopic (exact) mass is 342 g/mol. The number of amides is 1. The minimum absolute atomic E-state index is 0.130. The van der Waals surface area contributed by atoms with E-state index in [0.29, 0.717) is 6.42 Å². The molecule has 0 aromatic heterocycles. The molecular weight excluding hydrogens is 328 g/mol. The minimum atomic E-state index is -0.565. The van der Waals surface area contributed by atoms with E-state index in [1.54, 1.807) is 0 Å². The lowest BCUT2D eigenvalue weighted by Crippen LogP contribution is -2.37. The van der Waals surface area contributed by atoms with Crippen molar-refractivity contribution in [3.8, 4) is 0 Å². The minimum Gasteiger partial charge on any atom is -0.394 e. The maximum atomic E-state index is 12.1. The largest absolute Gasteiger partial charge is 0.394 e. The van der Waals surface area contributed by atoms with Crippen LogP contribution in [0.25, 0.3) is 0 Å². The highest BCUT2D eigenvalue weighted by Crippen LogP contribution is 2.28. The summed E-state index contributed by atoms with van der Waals surface area (Å²) >= 11 is 3.07. The Hall–Kier alpha value is -1.73. The highest BCUT2D eigenvalue weighted by atomic mass is 79.9. The Balaban J connectivity index is 2.92. The molecule has 0 bridgehead atoms. The molecule has 0 aliphatic heterocycles. The number of nitro groups is 1. The summed E-state index contributed by atoms with van der Waals surface area (Å²) in [6.07, 6.45) is 4.13. The number of nitro benzene ring substituents is 1. The Morgan fingerprint density at radius 1 is 1.60 bits per heavy atom. The first kappa shape index (κ1) is 16.3. The SMILES string of the molecule is C/C=C/CC(CO)NC(=O)c1cccc([N+](=O)[O-])c1Br. The van der Waals surface area contributed by atoms with E-state index in [9.17, 15) is 20.0 Å². The number of carbonyl (C=O) groups is 1. The maximum Gasteiger partial charge on any atom is 0.284 e. The lowest BCUT2D eigenvalue weighted by molar-refractivity contribution is -0.385. The normalized spacial score (nSPS) is 12.3. The third-order valence-corrected chi connectivity index (χ3v) is 3.46. The van der Waals surface area contributed by atoms with Crippen molar-refractivity contribution in [2.45, 2.75) is 19.4 Å². The smallest absolute Gasteiger partial charge is 0.284 e. The quantitative estimate of drug-likeness (QED) is 0.471. The van der Waals surface area contributed by atoms with Gasteiger partial charge in [-0.2, -0.15) is 0 Å². The predicted octanol–water partition coefficient (Wildman–Crippen LogP) is 2.41. The van der Waals surface area contributed by atoms with Gasteiger partial charge in [0.25, 0.3) is 11.6 Å². The molecule has 1 rings (SSSR count). The summed E-state index contributed by atoms with van der Waals surface area (Å²) in [5, 5.41) is 22.6. The van der Waals surface area contributed by atoms with Crippen molar-refractivity contribution >= 4 is 27.5 Å². The van der Waals surface area contributed by atoms with Crippen molar-refractivity contribution < 1.29 is 14.8 Å². The van der Waals surface area contributed by atoms with E-state index < -0.39 is 16.9 Å². The number of aliphatic hydroxyl groups is 1. The molecule has 1 amide bonds. The van der Waals surface area contributed by atoms with Crippen LogP contribution in [0.2, 0.25) is 0 Å². The van der Waals surface area contributed by atoms with Crippen LogP contribution in [0.15, 0.2) is 34.8 Å². The van der Waals surface area contributed by atoms with Gasteiger partial charge in [0, 0.05) is 6.07 Å². The third-order valence-electron chi connectivity index (χ3n) is 2.63. The number of halogens is 1. The number of carbonyl (C=O) groups excluding carboxylic acids is 1. The van der Waals surface area contributed by atoms with Crippen molar-refractivity contribution in [1.29, 1.82) is 0 Å². The molecule has 1 atom stereocenters. The van der Waals surface area contributed by atoms with E-state index in [2.05, 4.69) is 21.2 Å². The van der Waals surface area contributed by atoms with Gasteiger partial charge in [-0.25, -0.2) is 0 Å². The van der Waals surface area contributed by atoms with Gasteiger partial charge >= 0.3 is 0 Å². The van der Waals surface area contributed by atoms with Crippen LogP contribution < -0.4 is 5.32 Å². The molecule has 0 spiro atoms. The van der Waals surface area contributed by atoms with Crippen LogP contribution in [0, 0.1) is 10.1 Å². The Morgan fingerprint density at radius 2 is 2.30 bits per heavy atom. The second kappa shape index (κ2) is 7.76. The van der Waals surface area contributed by atoms with Gasteiger partial charge < -0.3 is 10.4 Å². The van der Waals surface area contributed by atoms with E-state index in [-0.39, 0.29) is 22.3 Å². The van der Waals surface area contributed by atoms with Crippen molar-refractivity contribution in [3.63, 3.8) is 0 Å². The van der Waals surface area contributed by atoms with Gasteiger partial charge in [0.15, 0.2) is 0 Å². The number of nitrogens with zero attached hydrogens (tertiary/aromatic N) is 1. The van der Waals surface area contributed by atoms with Crippen LogP contribution in [-0.2, 0) is 0 Å². The first-order chi connectivity index (χ1) is 9.51. The molecule has 0 fully saturated rings. The molecule has 7 heteroatoms. The topological polar surface area (TPSA) is 92.5 Å². The predicted molar refractivity (Wildman–Crippen MR) is 78.6 cm³/mol. The zero-order valence-electron chi connectivity index (χ0n) is 10.9. The highest BCUT2D eigenvalue weighted by molar-refractivity contribution is 9.10. The van der Waals surface area contributed by atoms with Gasteiger partial charge in [0.2, 0.25) is 0 Å². The number of rotatable bonds is 6. The number of hydrogen-bond acceptors (Lipinski definition) is 4. The molecule has 0 radical (unpaired) electrons. The molecule has 0 saturated heterocycles. The van der Waals surface area contributed by atoms with E-state index in [4.69, 9.17) is 0 Å². The summed E-state index contributed by atoms with van der Waals surface area (Å²) < 4.78 is 0.130. The molecule has 0 aliphatic rings. The summed E-state index contributed by atoms with van der Waals surface area (Å²) in [6, 6.07) is 3.81. The number of allylic oxidation sites excluding steroid dienone is 1. The zero-order valence-corrected chi connectivity index (χ0v) is 12.5. The summed E-state index contributed by atoms with van der Waals surface area (Å²) in [6.45, 7) is 1.63. The van der Waals surface area contributed by atoms with Crippen LogP contribution >= 0.6 is 15.9 Å². The number of benzene rings is 1. The van der Waals surface area contributed by atoms with Gasteiger partial charge in [-0.05, 0) is 35.3 Å². The summed E-state index contributed by atoms with van der Waals surface area (Å²) in [5.41, 5.74) is -0.00946. The second-order valence-corrected chi connectivity index (χ2v) is 4.85. The average molecular weight is 343 g/mol. The highest BCUT2D eigenvalue weighted by Gasteiger charge is 2.20. The van der Waals surface area contributed by atoms with Crippen LogP contribution in [-0.4, -0.2) is 28.6 Å². The Labute approximate surface area is 124 Å². The molecule has 1 aromatic rings. The van der Waals surface area contributed by atoms with Crippen LogP contribution in [0.5, 0.6) is 0 Å². The van der Waals surface area contributed by atoms with Gasteiger partial charge in [-0.1, -0.05) is 18.2 Å². The fourth-order valence-corrected chi connectivity index (χ4v) is 2.17. The van der Waals surface area contributed by atoms with Crippen molar-refractivity contribution in [2.24, 2.45) is 0 Å². The van der Waals surface area contributed by atoms with Crippen LogP contribution in [0.1, 0.15) is 23.7 Å². The molecular formula is C13H15BrN2O4. The Kier molecular flexibility index (Phi) is 6.33. The van der Waals surface area contributed by atoms with Gasteiger partial charge in [0.05, 0.1) is 23.1 Å². The first-order valence-corrected chi connectivity index (χ1v) is 6.76. The molecule has 2 N–H and O–H groups in total. The first-order valence-electron chi connectivity index (χ1n) is 5.97. The van der Waals surface area contributed by atoms with Crippen LogP contribution in [0.3, 0.4) is 0 Å². The van der Waals surface area contributed by atoms with E-state index >= 15 is 0 Å². The second-order valence-electron chi connectivity index (χ2n) is 4.05. The number of aliphatic hydroxyl groups excluding tert-OH is 1. The van der Waals surface area contributed by atoms with Crippen molar-refractivity contribution in [1.82, 2.24) is 5.32 Å². The molecule has 20 heavy (non-hydrogen) atoms.